The first-order valence-electron chi connectivity index (χ1n) is 38.9. The molecule has 0 spiro atoms. The molecule has 3 saturated carbocycles. The normalized spacial score (nSPS) is 14.3. The van der Waals surface area contributed by atoms with Crippen LogP contribution in [0.25, 0.3) is 24.3 Å². The standard InChI is InChI=1S/C21H27NO4.C17H21NO3.C15H24N2O4.C14H22N2O5.C8H12O2.C6H13N3O3.C4H8O2.2CH4/c1-6-7-19(24)22-18-14-16(9-12-17(18)11-8-15(2)23)10-13-20(25)26-21(3,4)5;1-12(19)5-8-14-9-6-13(11-15(14)18)7-10-16(20)21-17(2,3)4;1-10(18)12(5-3-8-17-14(16)21)9-13(20)15(11(2)19)6-4-7-15;1-9(17)14(5-3-6-14)11(18)8-10(12(19)20)4-2-7-16-13(15)21;1-6(9)8(7(2)10)4-3-5-8;7-4(5(10)11)2-1-3-9-6(8)12;1-2-3-4(5)6;;/h8-14H,6-7H2,1-5H3,(H,22,24);5-11H,18H2,1-4H3;12H,3-9H2,1-2H3,(H3,16,17,21);10H,2-8H2,1H3,(H,19,20)(H3,15,16,21);3-5H2,1-2H3;4H,1-3,7H2,(H,10,11)(H3,8,9,12);2-3H2,1H3,(H,5,6);2*1H4/b11-8+,13-10+;8-5+,10-7+;;;;;;;/t;;12-;10-;;4-;;;/m..11.0.../s1. The van der Waals surface area contributed by atoms with Crippen molar-refractivity contribution in [1.82, 2.24) is 16.0 Å². The quantitative estimate of drug-likeness (QED) is 0.00976. The average Bonchev–Trinajstić information content (AvgIpc) is 0.808. The number of primary amides is 3. The van der Waals surface area contributed by atoms with Gasteiger partial charge in [0.05, 0.1) is 22.2 Å². The number of ketones is 9. The number of allylic oxidation sites excluding steroid dienone is 2. The van der Waals surface area contributed by atoms with Crippen LogP contribution in [-0.2, 0) is 81.4 Å². The van der Waals surface area contributed by atoms with E-state index >= 15 is 0 Å². The molecule has 17 N–H and O–H groups in total. The van der Waals surface area contributed by atoms with Crippen LogP contribution in [-0.4, -0.2) is 158 Å². The van der Waals surface area contributed by atoms with E-state index in [1.807, 2.05) is 40.7 Å². The molecule has 5 rings (SSSR count). The zero-order valence-corrected chi connectivity index (χ0v) is 70.7. The molecule has 0 aromatic heterocycles. The van der Waals surface area contributed by atoms with E-state index in [4.69, 9.17) is 48.4 Å². The van der Waals surface area contributed by atoms with Crippen molar-refractivity contribution in [3.8, 4) is 0 Å². The van der Waals surface area contributed by atoms with Crippen molar-refractivity contribution in [2.75, 3.05) is 30.7 Å². The van der Waals surface area contributed by atoms with E-state index in [0.29, 0.717) is 95.1 Å². The largest absolute Gasteiger partial charge is 0.481 e. The number of esters is 2. The van der Waals surface area contributed by atoms with Crippen LogP contribution in [0, 0.1) is 28.1 Å². The second-order valence-electron chi connectivity index (χ2n) is 30.7. The number of urea groups is 3. The number of Topliss-reactive ketones (excluding diaryl/α,β-unsaturated/α-hetero) is 7. The topological polar surface area (TPSA) is 565 Å². The molecule has 0 aliphatic heterocycles. The van der Waals surface area contributed by atoms with Crippen LogP contribution < -0.4 is 49.9 Å². The Kier molecular flexibility index (Phi) is 55.5. The molecule has 119 heavy (non-hydrogen) atoms. The second kappa shape index (κ2) is 57.8. The third-order valence-electron chi connectivity index (χ3n) is 18.6. The van der Waals surface area contributed by atoms with Crippen LogP contribution in [0.5, 0.6) is 0 Å². The highest BCUT2D eigenvalue weighted by Gasteiger charge is 2.50. The van der Waals surface area contributed by atoms with Crippen molar-refractivity contribution in [3.05, 3.63) is 83.0 Å². The van der Waals surface area contributed by atoms with Gasteiger partial charge < -0.3 is 74.7 Å². The molecule has 2 aromatic carbocycles. The fourth-order valence-electron chi connectivity index (χ4n) is 11.4. The van der Waals surface area contributed by atoms with E-state index in [1.165, 1.54) is 72.8 Å². The summed E-state index contributed by atoms with van der Waals surface area (Å²) in [6.45, 7) is 25.9. The number of hydrogen-bond acceptors (Lipinski definition) is 22. The van der Waals surface area contributed by atoms with Crippen LogP contribution in [0.4, 0.5) is 25.8 Å². The molecule has 0 saturated heterocycles. The minimum absolute atomic E-state index is 0. The van der Waals surface area contributed by atoms with Gasteiger partial charge in [-0.05, 0) is 251 Å². The maximum absolute atomic E-state index is 12.4. The van der Waals surface area contributed by atoms with Crippen molar-refractivity contribution in [2.24, 2.45) is 51.0 Å². The molecule has 3 aliphatic rings. The minimum Gasteiger partial charge on any atom is -0.481 e. The van der Waals surface area contributed by atoms with Gasteiger partial charge in [-0.3, -0.25) is 62.3 Å². The average molecular weight is 1680 g/mol. The number of carbonyl (C=O) groups excluding carboxylic acids is 15. The number of carbonyl (C=O) groups is 18. The van der Waals surface area contributed by atoms with Crippen molar-refractivity contribution < 1.29 is 111 Å². The lowest BCUT2D eigenvalue weighted by Gasteiger charge is -2.38. The van der Waals surface area contributed by atoms with Crippen molar-refractivity contribution in [3.63, 3.8) is 0 Å². The van der Waals surface area contributed by atoms with Gasteiger partial charge >= 0.3 is 47.9 Å². The first-order valence-corrected chi connectivity index (χ1v) is 38.9. The van der Waals surface area contributed by atoms with E-state index in [0.717, 1.165) is 67.2 Å². The number of hydrogen-bond donors (Lipinski definition) is 12. The number of nitrogen functional groups attached to an aromatic ring is 1. The maximum atomic E-state index is 12.4. The summed E-state index contributed by atoms with van der Waals surface area (Å²) >= 11 is 0. The molecule has 7 amide bonds. The van der Waals surface area contributed by atoms with Gasteiger partial charge in [0.1, 0.15) is 57.7 Å². The van der Waals surface area contributed by atoms with Crippen molar-refractivity contribution in [1.29, 1.82) is 0 Å². The first-order chi connectivity index (χ1) is 54.3. The Morgan fingerprint density at radius 1 is 0.471 bits per heavy atom. The van der Waals surface area contributed by atoms with Gasteiger partial charge in [-0.2, -0.15) is 0 Å². The van der Waals surface area contributed by atoms with Crippen molar-refractivity contribution in [2.45, 2.75) is 271 Å². The fourth-order valence-corrected chi connectivity index (χ4v) is 11.4. The van der Waals surface area contributed by atoms with Crippen LogP contribution in [0.3, 0.4) is 0 Å². The molecule has 0 radical (unpaired) electrons. The summed E-state index contributed by atoms with van der Waals surface area (Å²) in [5.74, 6) is -5.66. The number of nitrogens with two attached hydrogens (primary N) is 5. The predicted octanol–water partition coefficient (Wildman–Crippen LogP) is 12.1. The number of carboxylic acids is 3. The summed E-state index contributed by atoms with van der Waals surface area (Å²) in [5.41, 5.74) is 26.5. The SMILES string of the molecule is C.C.CC(=O)/C=C/c1ccc(/C=C/C(=O)OC(C)(C)C)cc1N.CC(=O)C1(C(=O)C[C@@H](CCCNC(N)=O)C(=O)O)CCC1.CC(=O)C1(C(C)=O)CCC1.CC(=O)[C@H](CCCNC(N)=O)CC(=O)C1(C(C)=O)CCC1.CCCC(=O)Nc1cc(/C=C/C(=O)OC(C)(C)C)ccc1/C=C/C(C)=O.CCCC(=O)O.NC(=O)NCCC[C@H](N)C(=O)O. The third kappa shape index (κ3) is 48.3. The Hall–Kier alpha value is -11.2. The van der Waals surface area contributed by atoms with Crippen LogP contribution in [0.15, 0.2) is 60.7 Å². The zero-order valence-electron chi connectivity index (χ0n) is 70.7. The second-order valence-corrected chi connectivity index (χ2v) is 30.7. The highest BCUT2D eigenvalue weighted by molar-refractivity contribution is 6.09. The van der Waals surface area contributed by atoms with Gasteiger partial charge in [0.15, 0.2) is 11.6 Å². The van der Waals surface area contributed by atoms with Crippen LogP contribution >= 0.6 is 0 Å². The summed E-state index contributed by atoms with van der Waals surface area (Å²) in [4.78, 5) is 201. The molecule has 3 atom stereocenters. The van der Waals surface area contributed by atoms with E-state index in [2.05, 4.69) is 21.3 Å². The summed E-state index contributed by atoms with van der Waals surface area (Å²) in [6, 6.07) is 7.96. The van der Waals surface area contributed by atoms with Crippen LogP contribution in [0.1, 0.15) is 276 Å². The molecule has 32 nitrogen and oxygen atoms in total. The van der Waals surface area contributed by atoms with Crippen molar-refractivity contribution >= 4 is 142 Å². The van der Waals surface area contributed by atoms with Crippen LogP contribution in [0.2, 0.25) is 0 Å². The molecule has 2 aromatic rings. The summed E-state index contributed by atoms with van der Waals surface area (Å²) in [6.07, 6.45) is 23.5. The minimum atomic E-state index is -1.06. The van der Waals surface area contributed by atoms with Gasteiger partial charge in [-0.15, -0.1) is 0 Å². The third-order valence-corrected chi connectivity index (χ3v) is 18.6. The smallest absolute Gasteiger partial charge is 0.331 e. The molecule has 0 bridgehead atoms. The summed E-state index contributed by atoms with van der Waals surface area (Å²) in [7, 11) is 0. The molecule has 3 fully saturated rings. The van der Waals surface area contributed by atoms with Gasteiger partial charge in [-0.25, -0.2) is 24.0 Å². The number of ether oxygens (including phenoxy) is 2. The predicted molar refractivity (Wildman–Crippen MR) is 458 cm³/mol. The number of amides is 7. The molecule has 0 heterocycles. The molecular formula is C87H135N9O23. The Balaban J connectivity index is -0.000000668. The lowest BCUT2D eigenvalue weighted by atomic mass is 9.62. The molecular weight excluding hydrogens is 1540 g/mol. The number of rotatable bonds is 38. The number of anilines is 2. The Labute approximate surface area is 701 Å². The van der Waals surface area contributed by atoms with E-state index < -0.39 is 87.3 Å². The lowest BCUT2D eigenvalue weighted by Crippen LogP contribution is -2.45. The van der Waals surface area contributed by atoms with Gasteiger partial charge in [-0.1, -0.05) is 72.2 Å². The Bertz CT molecular complexity index is 3790. The number of aliphatic carboxylic acids is 3. The highest BCUT2D eigenvalue weighted by atomic mass is 16.6. The zero-order chi connectivity index (χ0) is 90.2. The van der Waals surface area contributed by atoms with Gasteiger partial charge in [0, 0.05) is 74.8 Å². The first kappa shape index (κ1) is 114. The van der Waals surface area contributed by atoms with E-state index in [9.17, 15) is 91.4 Å². The Morgan fingerprint density at radius 2 is 0.824 bits per heavy atom. The molecule has 32 heteroatoms. The lowest BCUT2D eigenvalue weighted by molar-refractivity contribution is -0.151. The molecule has 3 aliphatic carbocycles. The number of nitrogens with one attached hydrogen (secondary N) is 4. The summed E-state index contributed by atoms with van der Waals surface area (Å²) in [5, 5.41) is 35.4. The molecule has 0 unspecified atom stereocenters. The highest BCUT2D eigenvalue weighted by Crippen LogP contribution is 2.46. The number of carboxylic acid groups (broad SMARTS) is 3. The maximum Gasteiger partial charge on any atom is 0.331 e. The fraction of sp³-hybridized carbons (Fsp3) is 0.563. The Morgan fingerprint density at radius 3 is 1.11 bits per heavy atom. The monoisotopic (exact) mass is 1670 g/mol. The molecule has 666 valence electrons. The van der Waals surface area contributed by atoms with Gasteiger partial charge in [0.2, 0.25) is 5.91 Å². The van der Waals surface area contributed by atoms with E-state index in [1.54, 1.807) is 75.4 Å². The summed E-state index contributed by atoms with van der Waals surface area (Å²) < 4.78 is 10.4. The van der Waals surface area contributed by atoms with E-state index in [-0.39, 0.29) is 105 Å². The number of benzene rings is 2. The van der Waals surface area contributed by atoms with Gasteiger partial charge in [0.25, 0.3) is 0 Å².